The van der Waals surface area contributed by atoms with E-state index in [1.165, 1.54) is 18.4 Å². The van der Waals surface area contributed by atoms with Gasteiger partial charge in [-0.2, -0.15) is 5.26 Å². The van der Waals surface area contributed by atoms with Crippen LogP contribution in [0.1, 0.15) is 39.2 Å². The number of halogens is 1. The van der Waals surface area contributed by atoms with Crippen LogP contribution in [0.3, 0.4) is 0 Å². The van der Waals surface area contributed by atoms with Gasteiger partial charge in [-0.15, -0.1) is 11.3 Å². The van der Waals surface area contributed by atoms with Crippen LogP contribution in [-0.2, 0) is 12.8 Å². The number of benzene rings is 1. The van der Waals surface area contributed by atoms with Gasteiger partial charge in [-0.1, -0.05) is 11.6 Å². The lowest BCUT2D eigenvalue weighted by Crippen LogP contribution is -2.14. The van der Waals surface area contributed by atoms with Crippen LogP contribution < -0.4 is 10.1 Å². The number of Topliss-reactive ketones (excluding diaryl/α,β-unsaturated/α-hetero) is 1. The number of nitriles is 1. The van der Waals surface area contributed by atoms with Gasteiger partial charge in [0.25, 0.3) is 0 Å². The molecule has 0 fully saturated rings. The highest BCUT2D eigenvalue weighted by Crippen LogP contribution is 2.37. The molecule has 0 radical (unpaired) electrons. The smallest absolute Gasteiger partial charge is 0.181 e. The van der Waals surface area contributed by atoms with Crippen molar-refractivity contribution < 1.29 is 9.53 Å². The minimum absolute atomic E-state index is 0.0742. The van der Waals surface area contributed by atoms with Crippen LogP contribution >= 0.6 is 22.9 Å². The predicted octanol–water partition coefficient (Wildman–Crippen LogP) is 4.46. The van der Waals surface area contributed by atoms with Crippen LogP contribution in [0.4, 0.5) is 5.00 Å². The standard InChI is InChI=1S/C18H17ClN2O2S/c1-23-16-7-6-11(8-14(16)19)15(22)10-21-18-13(9-20)12-4-2-3-5-17(12)24-18/h6-8,21H,2-5,10H2,1H3. The molecule has 0 spiro atoms. The molecule has 1 N–H and O–H groups in total. The van der Waals surface area contributed by atoms with E-state index in [4.69, 9.17) is 16.3 Å². The van der Waals surface area contributed by atoms with Crippen LogP contribution in [0.15, 0.2) is 18.2 Å². The van der Waals surface area contributed by atoms with Gasteiger partial charge < -0.3 is 10.1 Å². The number of ether oxygens (including phenoxy) is 1. The summed E-state index contributed by atoms with van der Waals surface area (Å²) in [5.41, 5.74) is 2.39. The Balaban J connectivity index is 1.74. The molecular formula is C18H17ClN2O2S. The topological polar surface area (TPSA) is 62.1 Å². The van der Waals surface area contributed by atoms with Crippen LogP contribution in [0, 0.1) is 11.3 Å². The number of hydrogen-bond acceptors (Lipinski definition) is 5. The molecule has 124 valence electrons. The molecule has 24 heavy (non-hydrogen) atoms. The fraction of sp³-hybridized carbons (Fsp3) is 0.333. The van der Waals surface area contributed by atoms with E-state index in [0.717, 1.165) is 29.8 Å². The largest absolute Gasteiger partial charge is 0.495 e. The lowest BCUT2D eigenvalue weighted by atomic mass is 9.96. The third kappa shape index (κ3) is 3.26. The molecule has 1 aromatic carbocycles. The highest BCUT2D eigenvalue weighted by atomic mass is 35.5. The van der Waals surface area contributed by atoms with E-state index in [9.17, 15) is 10.1 Å². The monoisotopic (exact) mass is 360 g/mol. The Morgan fingerprint density at radius 3 is 2.92 bits per heavy atom. The number of aryl methyl sites for hydroxylation is 1. The summed E-state index contributed by atoms with van der Waals surface area (Å²) >= 11 is 7.67. The van der Waals surface area contributed by atoms with Gasteiger partial charge in [-0.25, -0.2) is 0 Å². The zero-order chi connectivity index (χ0) is 17.1. The Hall–Kier alpha value is -2.03. The highest BCUT2D eigenvalue weighted by molar-refractivity contribution is 7.16. The third-order valence-corrected chi connectivity index (χ3v) is 5.71. The summed E-state index contributed by atoms with van der Waals surface area (Å²) in [5, 5.41) is 13.8. The minimum Gasteiger partial charge on any atom is -0.495 e. The van der Waals surface area contributed by atoms with Gasteiger partial charge in [-0.05, 0) is 49.4 Å². The molecule has 0 amide bonds. The van der Waals surface area contributed by atoms with Gasteiger partial charge in [0.1, 0.15) is 16.8 Å². The normalized spacial score (nSPS) is 13.0. The molecule has 4 nitrogen and oxygen atoms in total. The lowest BCUT2D eigenvalue weighted by Gasteiger charge is -2.09. The van der Waals surface area contributed by atoms with E-state index < -0.39 is 0 Å². The molecule has 0 unspecified atom stereocenters. The van der Waals surface area contributed by atoms with E-state index in [0.29, 0.717) is 21.9 Å². The third-order valence-electron chi connectivity index (χ3n) is 4.17. The number of nitrogens with one attached hydrogen (secondary N) is 1. The van der Waals surface area contributed by atoms with Crippen LogP contribution in [-0.4, -0.2) is 19.4 Å². The molecule has 1 heterocycles. The zero-order valence-electron chi connectivity index (χ0n) is 13.3. The zero-order valence-corrected chi connectivity index (χ0v) is 14.9. The average Bonchev–Trinajstić information content (AvgIpc) is 2.97. The van der Waals surface area contributed by atoms with E-state index in [1.54, 1.807) is 29.5 Å². The van der Waals surface area contributed by atoms with Crippen molar-refractivity contribution in [3.05, 3.63) is 44.8 Å². The Morgan fingerprint density at radius 2 is 2.21 bits per heavy atom. The maximum Gasteiger partial charge on any atom is 0.181 e. The van der Waals surface area contributed by atoms with Crippen molar-refractivity contribution in [1.82, 2.24) is 0 Å². The van der Waals surface area contributed by atoms with Crippen LogP contribution in [0.5, 0.6) is 5.75 Å². The molecular weight excluding hydrogens is 344 g/mol. The second-order valence-electron chi connectivity index (χ2n) is 5.65. The summed E-state index contributed by atoms with van der Waals surface area (Å²) in [6.45, 7) is 0.136. The number of carbonyl (C=O) groups is 1. The number of anilines is 1. The number of thiophene rings is 1. The predicted molar refractivity (Wildman–Crippen MR) is 96.5 cm³/mol. The maximum absolute atomic E-state index is 12.4. The summed E-state index contributed by atoms with van der Waals surface area (Å²) < 4.78 is 5.09. The van der Waals surface area contributed by atoms with Crippen LogP contribution in [0.2, 0.25) is 5.02 Å². The molecule has 3 rings (SSSR count). The summed E-state index contributed by atoms with van der Waals surface area (Å²) in [6.07, 6.45) is 4.28. The van der Waals surface area contributed by atoms with Gasteiger partial charge in [0.2, 0.25) is 0 Å². The molecule has 0 saturated heterocycles. The number of hydrogen-bond donors (Lipinski definition) is 1. The number of carbonyl (C=O) groups excluding carboxylic acids is 1. The molecule has 0 bridgehead atoms. The van der Waals surface area contributed by atoms with E-state index >= 15 is 0 Å². The van der Waals surface area contributed by atoms with Crippen molar-refractivity contribution in [2.75, 3.05) is 19.0 Å². The quantitative estimate of drug-likeness (QED) is 0.800. The molecule has 0 saturated carbocycles. The molecule has 1 aromatic heterocycles. The molecule has 6 heteroatoms. The fourth-order valence-electron chi connectivity index (χ4n) is 2.91. The van der Waals surface area contributed by atoms with Crippen molar-refractivity contribution in [2.24, 2.45) is 0 Å². The summed E-state index contributed by atoms with van der Waals surface area (Å²) in [6, 6.07) is 7.27. The molecule has 0 atom stereocenters. The van der Waals surface area contributed by atoms with Gasteiger partial charge in [0.05, 0.1) is 24.2 Å². The van der Waals surface area contributed by atoms with Gasteiger partial charge in [-0.3, -0.25) is 4.79 Å². The van der Waals surface area contributed by atoms with Crippen molar-refractivity contribution in [3.63, 3.8) is 0 Å². The molecule has 0 aliphatic heterocycles. The first-order chi connectivity index (χ1) is 11.6. The summed E-state index contributed by atoms with van der Waals surface area (Å²) in [7, 11) is 1.53. The van der Waals surface area contributed by atoms with E-state index in [1.807, 2.05) is 0 Å². The van der Waals surface area contributed by atoms with E-state index in [2.05, 4.69) is 11.4 Å². The van der Waals surface area contributed by atoms with Crippen LogP contribution in [0.25, 0.3) is 0 Å². The number of fused-ring (bicyclic) bond motifs is 1. The second-order valence-corrected chi connectivity index (χ2v) is 7.17. The molecule has 1 aliphatic rings. The second kappa shape index (κ2) is 7.25. The van der Waals surface area contributed by atoms with Gasteiger partial charge in [0, 0.05) is 10.4 Å². The first kappa shape index (κ1) is 16.8. The number of rotatable bonds is 5. The van der Waals surface area contributed by atoms with Gasteiger partial charge in [0.15, 0.2) is 5.78 Å². The fourth-order valence-corrected chi connectivity index (χ4v) is 4.40. The molecule has 1 aliphatic carbocycles. The Bertz CT molecular complexity index is 823. The summed E-state index contributed by atoms with van der Waals surface area (Å²) in [5.74, 6) is 0.466. The number of nitrogens with zero attached hydrogens (tertiary/aromatic N) is 1. The van der Waals surface area contributed by atoms with E-state index in [-0.39, 0.29) is 12.3 Å². The highest BCUT2D eigenvalue weighted by Gasteiger charge is 2.21. The van der Waals surface area contributed by atoms with Gasteiger partial charge >= 0.3 is 0 Å². The maximum atomic E-state index is 12.4. The van der Waals surface area contributed by atoms with Crippen molar-refractivity contribution >= 4 is 33.7 Å². The van der Waals surface area contributed by atoms with Crippen molar-refractivity contribution in [3.8, 4) is 11.8 Å². The first-order valence-corrected chi connectivity index (χ1v) is 8.98. The Morgan fingerprint density at radius 1 is 1.42 bits per heavy atom. The minimum atomic E-state index is -0.0742. The average molecular weight is 361 g/mol. The lowest BCUT2D eigenvalue weighted by molar-refractivity contribution is 0.101. The van der Waals surface area contributed by atoms with Crippen molar-refractivity contribution in [2.45, 2.75) is 25.7 Å². The molecule has 2 aromatic rings. The first-order valence-electron chi connectivity index (χ1n) is 7.79. The Kier molecular flexibility index (Phi) is 5.08. The van der Waals surface area contributed by atoms with Crippen molar-refractivity contribution in [1.29, 1.82) is 5.26 Å². The Labute approximate surface area is 150 Å². The number of methoxy groups -OCH3 is 1. The summed E-state index contributed by atoms with van der Waals surface area (Å²) in [4.78, 5) is 13.7. The SMILES string of the molecule is COc1ccc(C(=O)CNc2sc3c(c2C#N)CCCC3)cc1Cl. The number of ketones is 1.